The number of benzene rings is 2. The second-order valence-corrected chi connectivity index (χ2v) is 7.10. The average Bonchev–Trinajstić information content (AvgIpc) is 3.20. The zero-order valence-corrected chi connectivity index (χ0v) is 19.1. The van der Waals surface area contributed by atoms with E-state index in [1.54, 1.807) is 7.11 Å². The lowest BCUT2D eigenvalue weighted by Gasteiger charge is -2.13. The van der Waals surface area contributed by atoms with E-state index in [-0.39, 0.29) is 0 Å². The molecule has 9 nitrogen and oxygen atoms in total. The second kappa shape index (κ2) is 13.1. The van der Waals surface area contributed by atoms with E-state index in [9.17, 15) is 0 Å². The van der Waals surface area contributed by atoms with Crippen LogP contribution in [0.15, 0.2) is 54.7 Å². The summed E-state index contributed by atoms with van der Waals surface area (Å²) >= 11 is 6.07. The number of aromatic nitrogens is 2. The maximum atomic E-state index is 9.10. The number of ether oxygens (including phenoxy) is 2. The Bertz CT molecular complexity index is 1040. The molecular formula is C23H26ClN3O6. The number of hydrogen-bond donors (Lipinski definition) is 3. The maximum Gasteiger partial charge on any atom is 0.414 e. The van der Waals surface area contributed by atoms with Gasteiger partial charge in [-0.05, 0) is 48.9 Å². The second-order valence-electron chi connectivity index (χ2n) is 6.66. The van der Waals surface area contributed by atoms with Crippen LogP contribution in [0.4, 0.5) is 5.95 Å². The molecule has 3 aromatic rings. The number of halogens is 1. The predicted molar refractivity (Wildman–Crippen MR) is 125 cm³/mol. The SMILES string of the molecule is CCOc1ccc(-c2cnc(NCc3cccc(Cl)c3)n2CCOC)cc1.O=C(O)C(=O)O. The van der Waals surface area contributed by atoms with Crippen LogP contribution in [0.1, 0.15) is 12.5 Å². The molecule has 176 valence electrons. The van der Waals surface area contributed by atoms with Crippen molar-refractivity contribution < 1.29 is 29.3 Å². The topological polar surface area (TPSA) is 123 Å². The molecule has 3 rings (SSSR count). The molecule has 2 aromatic carbocycles. The number of imidazole rings is 1. The molecule has 3 N–H and O–H groups in total. The number of methoxy groups -OCH3 is 1. The third kappa shape index (κ3) is 8.13. The Morgan fingerprint density at radius 2 is 1.82 bits per heavy atom. The van der Waals surface area contributed by atoms with Crippen LogP contribution in [0.25, 0.3) is 11.3 Å². The van der Waals surface area contributed by atoms with Gasteiger partial charge < -0.3 is 29.6 Å². The van der Waals surface area contributed by atoms with E-state index in [0.717, 1.165) is 33.5 Å². The molecule has 0 aliphatic carbocycles. The summed E-state index contributed by atoms with van der Waals surface area (Å²) in [5.41, 5.74) is 3.22. The predicted octanol–water partition coefficient (Wildman–Crippen LogP) is 4.02. The molecule has 0 atom stereocenters. The molecule has 33 heavy (non-hydrogen) atoms. The van der Waals surface area contributed by atoms with E-state index in [1.807, 2.05) is 61.7 Å². The molecule has 10 heteroatoms. The number of rotatable bonds is 9. The summed E-state index contributed by atoms with van der Waals surface area (Å²) in [5.74, 6) is -1.98. The number of hydrogen-bond acceptors (Lipinski definition) is 6. The first-order chi connectivity index (χ1) is 15.8. The number of carbonyl (C=O) groups is 2. The normalized spacial score (nSPS) is 10.2. The highest BCUT2D eigenvalue weighted by molar-refractivity contribution is 6.30. The molecule has 1 aromatic heterocycles. The van der Waals surface area contributed by atoms with Gasteiger partial charge in [0.15, 0.2) is 0 Å². The standard InChI is InChI=1S/C21H24ClN3O2.C2H2O4/c1-3-27-19-9-7-17(8-10-19)20-15-24-21(25(20)11-12-26-2)23-14-16-5-4-6-18(22)13-16;3-1(4)2(5)6/h4-10,13,15H,3,11-12,14H2,1-2H3,(H,23,24);(H,3,4)(H,5,6). The van der Waals surface area contributed by atoms with Crippen molar-refractivity contribution in [3.63, 3.8) is 0 Å². The third-order valence-corrected chi connectivity index (χ3v) is 4.59. The molecule has 0 radical (unpaired) electrons. The fraction of sp³-hybridized carbons (Fsp3) is 0.261. The minimum absolute atomic E-state index is 0.603. The summed E-state index contributed by atoms with van der Waals surface area (Å²) in [4.78, 5) is 22.8. The van der Waals surface area contributed by atoms with Crippen molar-refractivity contribution in [2.24, 2.45) is 0 Å². The van der Waals surface area contributed by atoms with Gasteiger partial charge in [-0.25, -0.2) is 14.6 Å². The highest BCUT2D eigenvalue weighted by Gasteiger charge is 2.12. The van der Waals surface area contributed by atoms with E-state index in [4.69, 9.17) is 40.9 Å². The Hall–Kier alpha value is -3.56. The van der Waals surface area contributed by atoms with E-state index in [1.165, 1.54) is 0 Å². The molecule has 0 spiro atoms. The van der Waals surface area contributed by atoms with Gasteiger partial charge in [0.25, 0.3) is 0 Å². The lowest BCUT2D eigenvalue weighted by molar-refractivity contribution is -0.159. The Labute approximate surface area is 196 Å². The Kier molecular flexibility index (Phi) is 10.2. The van der Waals surface area contributed by atoms with Crippen molar-refractivity contribution in [2.75, 3.05) is 25.6 Å². The van der Waals surface area contributed by atoms with Gasteiger partial charge in [0.2, 0.25) is 5.95 Å². The van der Waals surface area contributed by atoms with Crippen LogP contribution in [-0.2, 0) is 27.4 Å². The summed E-state index contributed by atoms with van der Waals surface area (Å²) in [6.45, 7) is 4.59. The van der Waals surface area contributed by atoms with Crippen LogP contribution in [0.5, 0.6) is 5.75 Å². The lowest BCUT2D eigenvalue weighted by atomic mass is 10.1. The van der Waals surface area contributed by atoms with Crippen molar-refractivity contribution in [1.82, 2.24) is 9.55 Å². The molecule has 0 saturated heterocycles. The smallest absolute Gasteiger partial charge is 0.414 e. The van der Waals surface area contributed by atoms with Crippen molar-refractivity contribution in [3.05, 3.63) is 65.3 Å². The summed E-state index contributed by atoms with van der Waals surface area (Å²) in [7, 11) is 1.70. The fourth-order valence-corrected chi connectivity index (χ4v) is 3.09. The molecule has 0 bridgehead atoms. The lowest BCUT2D eigenvalue weighted by Crippen LogP contribution is -2.11. The van der Waals surface area contributed by atoms with Gasteiger partial charge in [0.1, 0.15) is 5.75 Å². The first-order valence-corrected chi connectivity index (χ1v) is 10.5. The van der Waals surface area contributed by atoms with Gasteiger partial charge in [0, 0.05) is 30.8 Å². The van der Waals surface area contributed by atoms with Crippen molar-refractivity contribution in [3.8, 4) is 17.0 Å². The Morgan fingerprint density at radius 1 is 1.12 bits per heavy atom. The number of aliphatic carboxylic acids is 2. The van der Waals surface area contributed by atoms with Crippen molar-refractivity contribution >= 4 is 29.5 Å². The quantitative estimate of drug-likeness (QED) is 0.396. The van der Waals surface area contributed by atoms with Gasteiger partial charge in [-0.2, -0.15) is 0 Å². The van der Waals surface area contributed by atoms with E-state index < -0.39 is 11.9 Å². The van der Waals surface area contributed by atoms with Crippen LogP contribution in [0, 0.1) is 0 Å². The van der Waals surface area contributed by atoms with Gasteiger partial charge in [0.05, 0.1) is 25.1 Å². The third-order valence-electron chi connectivity index (χ3n) is 4.36. The van der Waals surface area contributed by atoms with Gasteiger partial charge in [-0.15, -0.1) is 0 Å². The molecule has 0 unspecified atom stereocenters. The summed E-state index contributed by atoms with van der Waals surface area (Å²) in [6.07, 6.45) is 1.88. The van der Waals surface area contributed by atoms with Gasteiger partial charge in [-0.3, -0.25) is 0 Å². The number of nitrogens with zero attached hydrogens (tertiary/aromatic N) is 2. The van der Waals surface area contributed by atoms with E-state index in [0.29, 0.717) is 26.3 Å². The van der Waals surface area contributed by atoms with Gasteiger partial charge in [-0.1, -0.05) is 23.7 Å². The summed E-state index contributed by atoms with van der Waals surface area (Å²) < 4.78 is 12.9. The van der Waals surface area contributed by atoms with Gasteiger partial charge >= 0.3 is 11.9 Å². The highest BCUT2D eigenvalue weighted by Crippen LogP contribution is 2.26. The van der Waals surface area contributed by atoms with Crippen LogP contribution in [-0.4, -0.2) is 52.0 Å². The molecule has 0 amide bonds. The fourth-order valence-electron chi connectivity index (χ4n) is 2.87. The molecule has 1 heterocycles. The average molecular weight is 476 g/mol. The Balaban J connectivity index is 0.000000569. The maximum absolute atomic E-state index is 9.10. The molecule has 0 aliphatic rings. The van der Waals surface area contributed by atoms with Crippen LogP contribution < -0.4 is 10.1 Å². The van der Waals surface area contributed by atoms with Crippen LogP contribution in [0.3, 0.4) is 0 Å². The number of nitrogens with one attached hydrogen (secondary N) is 1. The first kappa shape index (κ1) is 25.7. The Morgan fingerprint density at radius 3 is 2.39 bits per heavy atom. The minimum Gasteiger partial charge on any atom is -0.494 e. The number of anilines is 1. The van der Waals surface area contributed by atoms with E-state index in [2.05, 4.69) is 14.9 Å². The van der Waals surface area contributed by atoms with Crippen LogP contribution >= 0.6 is 11.6 Å². The zero-order chi connectivity index (χ0) is 24.2. The number of carboxylic acid groups (broad SMARTS) is 2. The van der Waals surface area contributed by atoms with E-state index >= 15 is 0 Å². The van der Waals surface area contributed by atoms with Crippen LogP contribution in [0.2, 0.25) is 5.02 Å². The monoisotopic (exact) mass is 475 g/mol. The molecule has 0 saturated carbocycles. The first-order valence-electron chi connectivity index (χ1n) is 10.1. The molecule has 0 aliphatic heterocycles. The molecular weight excluding hydrogens is 450 g/mol. The number of carboxylic acids is 2. The van der Waals surface area contributed by atoms with Crippen molar-refractivity contribution in [1.29, 1.82) is 0 Å². The zero-order valence-electron chi connectivity index (χ0n) is 18.3. The largest absolute Gasteiger partial charge is 0.494 e. The highest BCUT2D eigenvalue weighted by atomic mass is 35.5. The minimum atomic E-state index is -1.82. The molecule has 0 fully saturated rings. The summed E-state index contributed by atoms with van der Waals surface area (Å²) in [6, 6.07) is 15.9. The van der Waals surface area contributed by atoms with Crippen molar-refractivity contribution in [2.45, 2.75) is 20.0 Å². The summed E-state index contributed by atoms with van der Waals surface area (Å²) in [5, 5.41) is 18.9.